The molecule has 2 nitrogen and oxygen atoms in total. The molecule has 0 bridgehead atoms. The number of hydrogen-bond acceptors (Lipinski definition) is 1. The minimum atomic E-state index is 0.0807. The van der Waals surface area contributed by atoms with Crippen LogP contribution < -0.4 is 5.32 Å². The van der Waals surface area contributed by atoms with Gasteiger partial charge < -0.3 is 5.32 Å². The van der Waals surface area contributed by atoms with Crippen LogP contribution in [0.1, 0.15) is 53.4 Å². The third-order valence-electron chi connectivity index (χ3n) is 3.28. The Morgan fingerprint density at radius 3 is 1.92 bits per heavy atom. The van der Waals surface area contributed by atoms with Crippen molar-refractivity contribution in [2.45, 2.75) is 53.4 Å². The summed E-state index contributed by atoms with van der Waals surface area (Å²) in [6.45, 7) is 9.11. The molecular formula is C11H23NO. The topological polar surface area (TPSA) is 29.1 Å². The lowest BCUT2D eigenvalue weighted by molar-refractivity contribution is -0.119. The summed E-state index contributed by atoms with van der Waals surface area (Å²) in [7, 11) is 0. The van der Waals surface area contributed by atoms with Gasteiger partial charge in [0.1, 0.15) is 0 Å². The molecule has 0 aliphatic heterocycles. The van der Waals surface area contributed by atoms with E-state index >= 15 is 0 Å². The highest BCUT2D eigenvalue weighted by Gasteiger charge is 2.22. The van der Waals surface area contributed by atoms with Gasteiger partial charge in [0.15, 0.2) is 0 Å². The van der Waals surface area contributed by atoms with Crippen LogP contribution in [0.4, 0.5) is 0 Å². The maximum atomic E-state index is 10.7. The van der Waals surface area contributed by atoms with Gasteiger partial charge in [0.05, 0.1) is 0 Å². The fraction of sp³-hybridized carbons (Fsp3) is 0.909. The van der Waals surface area contributed by atoms with E-state index in [0.29, 0.717) is 5.41 Å². The molecule has 0 atom stereocenters. The molecule has 0 aromatic rings. The van der Waals surface area contributed by atoms with Crippen molar-refractivity contribution in [3.05, 3.63) is 0 Å². The van der Waals surface area contributed by atoms with Gasteiger partial charge in [-0.15, -0.1) is 0 Å². The highest BCUT2D eigenvalue weighted by Crippen LogP contribution is 2.33. The summed E-state index contributed by atoms with van der Waals surface area (Å²) in [6.07, 6.45) is 4.73. The van der Waals surface area contributed by atoms with Gasteiger partial charge in [0.2, 0.25) is 5.91 Å². The molecule has 0 aromatic heterocycles. The summed E-state index contributed by atoms with van der Waals surface area (Å²) in [5.74, 6) is 0.0807. The van der Waals surface area contributed by atoms with Crippen LogP contribution in [0.5, 0.6) is 0 Å². The van der Waals surface area contributed by atoms with Crippen LogP contribution in [0.25, 0.3) is 0 Å². The van der Waals surface area contributed by atoms with Crippen LogP contribution in [0.2, 0.25) is 0 Å². The third kappa shape index (κ3) is 4.30. The van der Waals surface area contributed by atoms with E-state index in [1.165, 1.54) is 19.3 Å². The van der Waals surface area contributed by atoms with Gasteiger partial charge in [0, 0.05) is 13.5 Å². The molecule has 0 aliphatic rings. The lowest BCUT2D eigenvalue weighted by Gasteiger charge is -2.30. The minimum absolute atomic E-state index is 0.0807. The molecule has 0 radical (unpaired) electrons. The molecule has 0 saturated carbocycles. The van der Waals surface area contributed by atoms with Gasteiger partial charge in [-0.25, -0.2) is 0 Å². The lowest BCUT2D eigenvalue weighted by atomic mass is 9.77. The molecule has 0 heterocycles. The van der Waals surface area contributed by atoms with Crippen LogP contribution in [0.15, 0.2) is 0 Å². The van der Waals surface area contributed by atoms with Crippen LogP contribution >= 0.6 is 0 Å². The molecule has 0 rings (SSSR count). The zero-order valence-corrected chi connectivity index (χ0v) is 9.44. The first-order valence-electron chi connectivity index (χ1n) is 5.34. The minimum Gasteiger partial charge on any atom is -0.356 e. The van der Waals surface area contributed by atoms with Gasteiger partial charge in [-0.2, -0.15) is 0 Å². The first-order chi connectivity index (χ1) is 6.10. The van der Waals surface area contributed by atoms with Crippen molar-refractivity contribution in [3.8, 4) is 0 Å². The van der Waals surface area contributed by atoms with Crippen molar-refractivity contribution in [2.24, 2.45) is 5.41 Å². The summed E-state index contributed by atoms with van der Waals surface area (Å²) in [4.78, 5) is 10.7. The normalized spacial score (nSPS) is 11.4. The molecule has 78 valence electrons. The Labute approximate surface area is 82.1 Å². The molecule has 0 aliphatic carbocycles. The Morgan fingerprint density at radius 2 is 1.62 bits per heavy atom. The zero-order valence-electron chi connectivity index (χ0n) is 9.44. The van der Waals surface area contributed by atoms with Crippen molar-refractivity contribution in [3.63, 3.8) is 0 Å². The van der Waals surface area contributed by atoms with E-state index in [-0.39, 0.29) is 5.91 Å². The second-order valence-electron chi connectivity index (χ2n) is 3.79. The van der Waals surface area contributed by atoms with Crippen molar-refractivity contribution in [2.75, 3.05) is 6.54 Å². The molecule has 1 N–H and O–H groups in total. The summed E-state index contributed by atoms with van der Waals surface area (Å²) in [6, 6.07) is 0. The highest BCUT2D eigenvalue weighted by molar-refractivity contribution is 5.72. The molecule has 0 unspecified atom stereocenters. The van der Waals surface area contributed by atoms with Crippen LogP contribution in [-0.2, 0) is 4.79 Å². The first-order valence-corrected chi connectivity index (χ1v) is 5.34. The molecule has 1 amide bonds. The van der Waals surface area contributed by atoms with Crippen molar-refractivity contribution >= 4 is 5.91 Å². The van der Waals surface area contributed by atoms with Crippen LogP contribution in [0, 0.1) is 5.41 Å². The monoisotopic (exact) mass is 185 g/mol. The van der Waals surface area contributed by atoms with Gasteiger partial charge in [-0.1, -0.05) is 40.0 Å². The zero-order chi connectivity index (χ0) is 10.3. The predicted octanol–water partition coefficient (Wildman–Crippen LogP) is 2.73. The summed E-state index contributed by atoms with van der Waals surface area (Å²) in [5, 5.41) is 2.86. The van der Waals surface area contributed by atoms with Gasteiger partial charge >= 0.3 is 0 Å². The predicted molar refractivity (Wildman–Crippen MR) is 56.6 cm³/mol. The second kappa shape index (κ2) is 6.01. The van der Waals surface area contributed by atoms with Crippen LogP contribution in [-0.4, -0.2) is 12.5 Å². The molecule has 2 heteroatoms. The van der Waals surface area contributed by atoms with Gasteiger partial charge in [-0.05, 0) is 11.8 Å². The van der Waals surface area contributed by atoms with Crippen LogP contribution in [0.3, 0.4) is 0 Å². The maximum Gasteiger partial charge on any atom is 0.216 e. The largest absolute Gasteiger partial charge is 0.356 e. The number of carbonyl (C=O) groups is 1. The van der Waals surface area contributed by atoms with Crippen molar-refractivity contribution < 1.29 is 4.79 Å². The lowest BCUT2D eigenvalue weighted by Crippen LogP contribution is -2.28. The number of nitrogens with one attached hydrogen (secondary N) is 1. The smallest absolute Gasteiger partial charge is 0.216 e. The Hall–Kier alpha value is -0.530. The number of amides is 1. The summed E-state index contributed by atoms with van der Waals surface area (Å²) < 4.78 is 0. The molecule has 13 heavy (non-hydrogen) atoms. The van der Waals surface area contributed by atoms with Crippen molar-refractivity contribution in [1.82, 2.24) is 5.32 Å². The maximum absolute atomic E-state index is 10.7. The SMILES string of the molecule is CCC(CC)(CC)CCNC(C)=O. The molecule has 0 saturated heterocycles. The molecular weight excluding hydrogens is 162 g/mol. The van der Waals surface area contributed by atoms with E-state index in [0.717, 1.165) is 13.0 Å². The second-order valence-corrected chi connectivity index (χ2v) is 3.79. The first kappa shape index (κ1) is 12.5. The Bertz CT molecular complexity index is 142. The highest BCUT2D eigenvalue weighted by atomic mass is 16.1. The van der Waals surface area contributed by atoms with Gasteiger partial charge in [0.25, 0.3) is 0 Å². The van der Waals surface area contributed by atoms with E-state index in [2.05, 4.69) is 26.1 Å². The third-order valence-corrected chi connectivity index (χ3v) is 3.28. The standard InChI is InChI=1S/C11H23NO/c1-5-11(6-2,7-3)8-9-12-10(4)13/h5-9H2,1-4H3,(H,12,13). The summed E-state index contributed by atoms with van der Waals surface area (Å²) >= 11 is 0. The number of rotatable bonds is 6. The average Bonchev–Trinajstić information content (AvgIpc) is 2.13. The molecule has 0 spiro atoms. The molecule has 0 aromatic carbocycles. The quantitative estimate of drug-likeness (QED) is 0.677. The van der Waals surface area contributed by atoms with Crippen molar-refractivity contribution in [1.29, 1.82) is 0 Å². The molecule has 0 fully saturated rings. The fourth-order valence-corrected chi connectivity index (χ4v) is 1.78. The van der Waals surface area contributed by atoms with E-state index in [1.54, 1.807) is 6.92 Å². The number of hydrogen-bond donors (Lipinski definition) is 1. The Morgan fingerprint density at radius 1 is 1.15 bits per heavy atom. The van der Waals surface area contributed by atoms with E-state index < -0.39 is 0 Å². The average molecular weight is 185 g/mol. The summed E-state index contributed by atoms with van der Waals surface area (Å²) in [5.41, 5.74) is 0.447. The Kier molecular flexibility index (Phi) is 5.76. The van der Waals surface area contributed by atoms with Gasteiger partial charge in [-0.3, -0.25) is 4.79 Å². The fourth-order valence-electron chi connectivity index (χ4n) is 1.78. The Balaban J connectivity index is 3.88. The van der Waals surface area contributed by atoms with E-state index in [9.17, 15) is 4.79 Å². The van der Waals surface area contributed by atoms with E-state index in [4.69, 9.17) is 0 Å². The van der Waals surface area contributed by atoms with E-state index in [1.807, 2.05) is 0 Å². The number of carbonyl (C=O) groups excluding carboxylic acids is 1.